The minimum Gasteiger partial charge on any atom is -0.497 e. The van der Waals surface area contributed by atoms with Gasteiger partial charge in [-0.15, -0.1) is 0 Å². The average molecular weight is 402 g/mol. The SMILES string of the molecule is CCNC(=NCc1ccc(OC)cc1OC1CCCC1)NCCC1=CCOCC1. The molecule has 1 aliphatic carbocycles. The predicted molar refractivity (Wildman–Crippen MR) is 117 cm³/mol. The number of nitrogens with one attached hydrogen (secondary N) is 2. The molecule has 0 unspecified atom stereocenters. The van der Waals surface area contributed by atoms with E-state index in [1.54, 1.807) is 7.11 Å². The van der Waals surface area contributed by atoms with Crippen molar-refractivity contribution in [2.45, 2.75) is 58.1 Å². The number of aliphatic imine (C=N–C) groups is 1. The fourth-order valence-electron chi connectivity index (χ4n) is 3.73. The standard InChI is InChI=1S/C23H35N3O3/c1-3-24-23(25-13-10-18-11-14-28-15-12-18)26-17-19-8-9-21(27-2)16-22(19)29-20-6-4-5-7-20/h8-9,11,16,20H,3-7,10,12-15,17H2,1-2H3,(H2,24,25,26). The van der Waals surface area contributed by atoms with Crippen molar-refractivity contribution in [2.75, 3.05) is 33.4 Å². The van der Waals surface area contributed by atoms with Crippen LogP contribution in [0.1, 0.15) is 51.0 Å². The highest BCUT2D eigenvalue weighted by Gasteiger charge is 2.18. The molecule has 0 spiro atoms. The predicted octanol–water partition coefficient (Wildman–Crippen LogP) is 3.81. The van der Waals surface area contributed by atoms with Crippen LogP contribution in [0.3, 0.4) is 0 Å². The molecule has 0 aromatic heterocycles. The summed E-state index contributed by atoms with van der Waals surface area (Å²) in [6, 6.07) is 6.02. The third kappa shape index (κ3) is 6.96. The first-order chi connectivity index (χ1) is 14.3. The van der Waals surface area contributed by atoms with Gasteiger partial charge in [-0.25, -0.2) is 4.99 Å². The molecule has 0 bridgehead atoms. The van der Waals surface area contributed by atoms with Crippen LogP contribution in [0.15, 0.2) is 34.8 Å². The monoisotopic (exact) mass is 401 g/mol. The van der Waals surface area contributed by atoms with Crippen LogP contribution in [0.4, 0.5) is 0 Å². The summed E-state index contributed by atoms with van der Waals surface area (Å²) in [5.41, 5.74) is 2.55. The van der Waals surface area contributed by atoms with Crippen LogP contribution in [-0.4, -0.2) is 45.5 Å². The number of hydrogen-bond acceptors (Lipinski definition) is 4. The van der Waals surface area contributed by atoms with E-state index in [0.717, 1.165) is 75.0 Å². The minimum absolute atomic E-state index is 0.309. The average Bonchev–Trinajstić information content (AvgIpc) is 3.26. The fourth-order valence-corrected chi connectivity index (χ4v) is 3.73. The summed E-state index contributed by atoms with van der Waals surface area (Å²) in [6.07, 6.45) is 9.31. The first-order valence-corrected chi connectivity index (χ1v) is 10.9. The Hall–Kier alpha value is -2.21. The van der Waals surface area contributed by atoms with E-state index < -0.39 is 0 Å². The molecular formula is C23H35N3O3. The number of ether oxygens (including phenoxy) is 3. The maximum Gasteiger partial charge on any atom is 0.191 e. The van der Waals surface area contributed by atoms with Crippen LogP contribution in [0.25, 0.3) is 0 Å². The van der Waals surface area contributed by atoms with E-state index in [4.69, 9.17) is 19.2 Å². The van der Waals surface area contributed by atoms with Gasteiger partial charge in [0.25, 0.3) is 0 Å². The summed E-state index contributed by atoms with van der Waals surface area (Å²) in [7, 11) is 1.69. The topological polar surface area (TPSA) is 64.1 Å². The van der Waals surface area contributed by atoms with E-state index >= 15 is 0 Å². The van der Waals surface area contributed by atoms with Gasteiger partial charge in [-0.3, -0.25) is 0 Å². The van der Waals surface area contributed by atoms with Crippen LogP contribution in [0, 0.1) is 0 Å². The molecule has 1 aromatic carbocycles. The Labute approximate surface area is 174 Å². The lowest BCUT2D eigenvalue weighted by Crippen LogP contribution is -2.38. The second-order valence-electron chi connectivity index (χ2n) is 7.56. The Morgan fingerprint density at radius 3 is 2.83 bits per heavy atom. The molecule has 0 atom stereocenters. The zero-order chi connectivity index (χ0) is 20.3. The summed E-state index contributed by atoms with van der Waals surface area (Å²) in [5.74, 6) is 2.55. The van der Waals surface area contributed by atoms with Crippen LogP contribution in [0.2, 0.25) is 0 Å². The first kappa shape index (κ1) is 21.5. The highest BCUT2D eigenvalue weighted by atomic mass is 16.5. The largest absolute Gasteiger partial charge is 0.497 e. The number of benzene rings is 1. The van der Waals surface area contributed by atoms with Crippen molar-refractivity contribution >= 4 is 5.96 Å². The molecule has 3 rings (SSSR count). The second kappa shape index (κ2) is 11.7. The lowest BCUT2D eigenvalue weighted by Gasteiger charge is -2.18. The first-order valence-electron chi connectivity index (χ1n) is 10.9. The van der Waals surface area contributed by atoms with Crippen molar-refractivity contribution in [2.24, 2.45) is 4.99 Å². The van der Waals surface area contributed by atoms with Crippen LogP contribution >= 0.6 is 0 Å². The van der Waals surface area contributed by atoms with Crippen molar-refractivity contribution in [1.82, 2.24) is 10.6 Å². The molecule has 1 aromatic rings. The van der Waals surface area contributed by atoms with Crippen molar-refractivity contribution in [3.8, 4) is 11.5 Å². The normalized spacial score (nSPS) is 17.7. The number of hydrogen-bond donors (Lipinski definition) is 2. The molecule has 0 radical (unpaired) electrons. The maximum absolute atomic E-state index is 6.29. The second-order valence-corrected chi connectivity index (χ2v) is 7.56. The molecule has 6 nitrogen and oxygen atoms in total. The Bertz CT molecular complexity index is 697. The van der Waals surface area contributed by atoms with Crippen LogP contribution in [0.5, 0.6) is 11.5 Å². The highest BCUT2D eigenvalue weighted by molar-refractivity contribution is 5.79. The van der Waals surface area contributed by atoms with Gasteiger partial charge in [-0.05, 0) is 57.6 Å². The molecular weight excluding hydrogens is 366 g/mol. The molecule has 1 heterocycles. The molecule has 1 fully saturated rings. The molecule has 29 heavy (non-hydrogen) atoms. The molecule has 6 heteroatoms. The zero-order valence-electron chi connectivity index (χ0n) is 17.8. The lowest BCUT2D eigenvalue weighted by molar-refractivity contribution is 0.153. The Balaban J connectivity index is 1.61. The maximum atomic E-state index is 6.29. The van der Waals surface area contributed by atoms with Gasteiger partial charge in [0.15, 0.2) is 5.96 Å². The lowest BCUT2D eigenvalue weighted by atomic mass is 10.1. The molecule has 160 valence electrons. The van der Waals surface area contributed by atoms with E-state index in [0.29, 0.717) is 12.6 Å². The number of nitrogens with zero attached hydrogens (tertiary/aromatic N) is 1. The molecule has 2 N–H and O–H groups in total. The van der Waals surface area contributed by atoms with E-state index in [-0.39, 0.29) is 0 Å². The third-order valence-corrected chi connectivity index (χ3v) is 5.42. The molecule has 0 amide bonds. The Morgan fingerprint density at radius 2 is 2.10 bits per heavy atom. The van der Waals surface area contributed by atoms with E-state index in [2.05, 4.69) is 29.7 Å². The summed E-state index contributed by atoms with van der Waals surface area (Å²) in [5, 5.41) is 6.78. The van der Waals surface area contributed by atoms with E-state index in [1.165, 1.54) is 18.4 Å². The van der Waals surface area contributed by atoms with Gasteiger partial charge in [0, 0.05) is 24.7 Å². The highest BCUT2D eigenvalue weighted by Crippen LogP contribution is 2.30. The van der Waals surface area contributed by atoms with E-state index in [9.17, 15) is 0 Å². The number of rotatable bonds is 9. The fraction of sp³-hybridized carbons (Fsp3) is 0.609. The van der Waals surface area contributed by atoms with Gasteiger partial charge in [0.1, 0.15) is 11.5 Å². The molecule has 1 aliphatic heterocycles. The van der Waals surface area contributed by atoms with Gasteiger partial charge >= 0.3 is 0 Å². The zero-order valence-corrected chi connectivity index (χ0v) is 17.8. The van der Waals surface area contributed by atoms with Crippen molar-refractivity contribution < 1.29 is 14.2 Å². The van der Waals surface area contributed by atoms with Crippen molar-refractivity contribution in [3.63, 3.8) is 0 Å². The van der Waals surface area contributed by atoms with E-state index in [1.807, 2.05) is 12.1 Å². The summed E-state index contributed by atoms with van der Waals surface area (Å²) < 4.78 is 17.1. The van der Waals surface area contributed by atoms with Crippen molar-refractivity contribution in [1.29, 1.82) is 0 Å². The Kier molecular flexibility index (Phi) is 8.68. The molecule has 2 aliphatic rings. The smallest absolute Gasteiger partial charge is 0.191 e. The van der Waals surface area contributed by atoms with Crippen molar-refractivity contribution in [3.05, 3.63) is 35.4 Å². The van der Waals surface area contributed by atoms with Crippen LogP contribution < -0.4 is 20.1 Å². The molecule has 1 saturated carbocycles. The van der Waals surface area contributed by atoms with Gasteiger partial charge in [0.05, 0.1) is 33.0 Å². The number of guanidine groups is 1. The van der Waals surface area contributed by atoms with Crippen LogP contribution in [-0.2, 0) is 11.3 Å². The van der Waals surface area contributed by atoms with Gasteiger partial charge < -0.3 is 24.8 Å². The summed E-state index contributed by atoms with van der Waals surface area (Å²) in [4.78, 5) is 4.79. The van der Waals surface area contributed by atoms with Gasteiger partial charge in [0.2, 0.25) is 0 Å². The molecule has 0 saturated heterocycles. The summed E-state index contributed by atoms with van der Waals surface area (Å²) in [6.45, 7) is 5.92. The third-order valence-electron chi connectivity index (χ3n) is 5.42. The summed E-state index contributed by atoms with van der Waals surface area (Å²) >= 11 is 0. The number of methoxy groups -OCH3 is 1. The van der Waals surface area contributed by atoms with Gasteiger partial charge in [-0.2, -0.15) is 0 Å². The van der Waals surface area contributed by atoms with Gasteiger partial charge in [-0.1, -0.05) is 11.6 Å². The minimum atomic E-state index is 0.309. The Morgan fingerprint density at radius 1 is 1.24 bits per heavy atom. The quantitative estimate of drug-likeness (QED) is 0.374.